The smallest absolute Gasteiger partial charge is 0.296 e. The number of azo groups is 2. The molecular weight excluding hydrogens is 1400 g/mol. The molecule has 38 heteroatoms. The van der Waals surface area contributed by atoms with Crippen LogP contribution in [0.1, 0.15) is 51.3 Å². The first-order valence-electron chi connectivity index (χ1n) is 30.6. The summed E-state index contributed by atoms with van der Waals surface area (Å²) in [6, 6.07) is 21.0. The van der Waals surface area contributed by atoms with E-state index >= 15 is 0 Å². The van der Waals surface area contributed by atoms with Crippen LogP contribution in [0.5, 0.6) is 0 Å². The van der Waals surface area contributed by atoms with Gasteiger partial charge in [0.15, 0.2) is 16.7 Å². The van der Waals surface area contributed by atoms with Crippen LogP contribution in [-0.4, -0.2) is 178 Å². The Hall–Kier alpha value is -9.09. The van der Waals surface area contributed by atoms with Gasteiger partial charge in [0.2, 0.25) is 22.2 Å². The van der Waals surface area contributed by atoms with Gasteiger partial charge in [-0.2, -0.15) is 50.2 Å². The van der Waals surface area contributed by atoms with Crippen LogP contribution in [-0.2, 0) is 59.0 Å². The van der Waals surface area contributed by atoms with E-state index in [1.165, 1.54) is 62.4 Å². The summed E-state index contributed by atoms with van der Waals surface area (Å²) in [5, 5.41) is 30.1. The Balaban J connectivity index is 1.09. The van der Waals surface area contributed by atoms with E-state index in [2.05, 4.69) is 61.5 Å². The standard InChI is InChI=1S/C61H69N17O15S6/c1-7-75(8-2)39-19-21-43(71-73-60-66-53(77-23-27-92-28-24-77)49(95-60)35-41(37(5)79)55(81)62-45-15-11-13-17-51(45)98(86,87)88)47(33-39)64-57-68-58(70-59(69-57)94-31-32-97(83,84)85)65-48-34-40(76(9-3)10-4)20-22-44(48)72-74-61-67-54(78-25-29-93-30-26-78)50(96-61)36-42(38(6)80)56(82)63-46-16-12-14-18-52(46)99(89,90)91/h11-22,33-36H,7-10,23-32H2,1-6H3,(H,62,81)(H,63,82)(H,83,84,85)(H,86,87,88)(H,89,90,91)(H2,64,65,68,69,70)/b41-35-,42-36+,73-71+,74-72+. The van der Waals surface area contributed by atoms with E-state index in [0.717, 1.165) is 57.9 Å². The summed E-state index contributed by atoms with van der Waals surface area (Å²) in [6.45, 7) is 15.6. The summed E-state index contributed by atoms with van der Waals surface area (Å²) >= 11 is 2.92. The second-order valence-corrected chi connectivity index (χ2v) is 28.9. The van der Waals surface area contributed by atoms with Crippen molar-refractivity contribution in [2.75, 3.05) is 131 Å². The fraction of sp³-hybridized carbons (Fsp3) is 0.328. The molecule has 5 heterocycles. The Morgan fingerprint density at radius 2 is 0.949 bits per heavy atom. The van der Waals surface area contributed by atoms with Gasteiger partial charge in [0.25, 0.3) is 42.2 Å². The van der Waals surface area contributed by atoms with E-state index in [1.54, 1.807) is 24.3 Å². The van der Waals surface area contributed by atoms with Crippen LogP contribution >= 0.6 is 34.4 Å². The van der Waals surface area contributed by atoms with E-state index in [0.29, 0.717) is 112 Å². The van der Waals surface area contributed by atoms with Crippen LogP contribution in [0.15, 0.2) is 131 Å². The van der Waals surface area contributed by atoms with Gasteiger partial charge < -0.3 is 50.3 Å². The van der Waals surface area contributed by atoms with Crippen molar-refractivity contribution >= 4 is 180 Å². The molecule has 524 valence electrons. The number of hydrogen-bond acceptors (Lipinski definition) is 30. The lowest BCUT2D eigenvalue weighted by Gasteiger charge is -2.27. The molecule has 7 aromatic rings. The minimum absolute atomic E-state index is 0.0188. The number of carbonyl (C=O) groups excluding carboxylic acids is 4. The Morgan fingerprint density at radius 1 is 0.556 bits per heavy atom. The number of morpholine rings is 2. The van der Waals surface area contributed by atoms with Gasteiger partial charge >= 0.3 is 0 Å². The molecule has 0 atom stereocenters. The monoisotopic (exact) mass is 1470 g/mol. The average molecular weight is 1470 g/mol. The highest BCUT2D eigenvalue weighted by Crippen LogP contribution is 2.41. The second-order valence-electron chi connectivity index (χ2n) is 21.4. The minimum atomic E-state index is -4.77. The Bertz CT molecular complexity index is 4380. The van der Waals surface area contributed by atoms with E-state index in [4.69, 9.17) is 24.4 Å². The van der Waals surface area contributed by atoms with Crippen LogP contribution < -0.4 is 40.9 Å². The van der Waals surface area contributed by atoms with Crippen molar-refractivity contribution in [3.63, 3.8) is 0 Å². The zero-order valence-electron chi connectivity index (χ0n) is 54.1. The highest BCUT2D eigenvalue weighted by Gasteiger charge is 2.28. The van der Waals surface area contributed by atoms with Crippen LogP contribution in [0.2, 0.25) is 0 Å². The Labute approximate surface area is 582 Å². The molecule has 2 saturated heterocycles. The van der Waals surface area contributed by atoms with Crippen LogP contribution in [0, 0.1) is 0 Å². The summed E-state index contributed by atoms with van der Waals surface area (Å²) < 4.78 is 113. The van der Waals surface area contributed by atoms with Crippen LogP contribution in [0.4, 0.5) is 79.3 Å². The second kappa shape index (κ2) is 33.2. The number of hydrogen-bond donors (Lipinski definition) is 7. The molecule has 0 bridgehead atoms. The van der Waals surface area contributed by atoms with Gasteiger partial charge in [-0.3, -0.25) is 32.8 Å². The topological polar surface area (TPSA) is 425 Å². The van der Waals surface area contributed by atoms with Crippen molar-refractivity contribution in [3.05, 3.63) is 106 Å². The maximum atomic E-state index is 13.8. The number of thiazole rings is 2. The third-order valence-electron chi connectivity index (χ3n) is 14.9. The fourth-order valence-corrected chi connectivity index (χ4v) is 14.6. The third-order valence-corrected chi connectivity index (χ3v) is 20.3. The molecule has 0 unspecified atom stereocenters. The predicted molar refractivity (Wildman–Crippen MR) is 379 cm³/mol. The maximum absolute atomic E-state index is 13.8. The lowest BCUT2D eigenvalue weighted by Crippen LogP contribution is -2.36. The zero-order chi connectivity index (χ0) is 71.2. The van der Waals surface area contributed by atoms with Crippen molar-refractivity contribution in [1.29, 1.82) is 0 Å². The lowest BCUT2D eigenvalue weighted by molar-refractivity contribution is -0.120. The quantitative estimate of drug-likeness (QED) is 0.00549. The number of amides is 2. The molecule has 2 aliphatic rings. The molecule has 99 heavy (non-hydrogen) atoms. The van der Waals surface area contributed by atoms with E-state index in [1.807, 2.05) is 49.6 Å². The molecule has 0 radical (unpaired) electrons. The Kier molecular flexibility index (Phi) is 24.8. The summed E-state index contributed by atoms with van der Waals surface area (Å²) in [5.74, 6) is -3.49. The van der Waals surface area contributed by atoms with Gasteiger partial charge in [-0.1, -0.05) is 58.7 Å². The van der Waals surface area contributed by atoms with E-state index in [9.17, 15) is 58.1 Å². The third kappa shape index (κ3) is 19.9. The number of carbonyl (C=O) groups is 4. The van der Waals surface area contributed by atoms with Crippen molar-refractivity contribution in [3.8, 4) is 0 Å². The largest absolute Gasteiger partial charge is 0.378 e. The van der Waals surface area contributed by atoms with Gasteiger partial charge in [-0.25, -0.2) is 0 Å². The van der Waals surface area contributed by atoms with Crippen LogP contribution in [0.3, 0.4) is 0 Å². The first-order chi connectivity index (χ1) is 47.2. The number of ether oxygens (including phenoxy) is 2. The van der Waals surface area contributed by atoms with Gasteiger partial charge in [0.05, 0.1) is 75.8 Å². The number of anilines is 10. The van der Waals surface area contributed by atoms with Crippen molar-refractivity contribution in [2.24, 2.45) is 20.5 Å². The number of nitrogens with zero attached hydrogens (tertiary/aromatic N) is 13. The summed E-state index contributed by atoms with van der Waals surface area (Å²) in [4.78, 5) is 85.2. The first kappa shape index (κ1) is 74.1. The molecule has 2 aliphatic heterocycles. The molecule has 4 aromatic carbocycles. The number of aromatic nitrogens is 5. The number of Topliss-reactive ketones (excluding diaryl/α,β-unsaturated/α-hetero) is 2. The SMILES string of the molecule is CCN(CC)c1ccc(/N=N/c2nc(N3CCOCC3)c(/C=C(/C(C)=O)C(=O)Nc3ccccc3S(=O)(=O)O)s2)c(Nc2nc(Nc3cc(N(CC)CC)ccc3/N=N/c3nc(N4CCOCC4)c(/C=C(\C(C)=O)C(=O)Nc4ccccc4S(=O)(=O)O)s3)nc(SCCS(=O)(=O)O)n2)c1. The zero-order valence-corrected chi connectivity index (χ0v) is 59.0. The molecule has 2 amide bonds. The van der Waals surface area contributed by atoms with Gasteiger partial charge in [-0.05, 0) is 114 Å². The molecule has 3 aromatic heterocycles. The van der Waals surface area contributed by atoms with E-state index in [-0.39, 0.29) is 67.0 Å². The normalized spacial score (nSPS) is 14.2. The highest BCUT2D eigenvalue weighted by atomic mass is 32.2. The fourth-order valence-electron chi connectivity index (χ4n) is 9.99. The number of nitrogens with one attached hydrogen (secondary N) is 4. The van der Waals surface area contributed by atoms with Gasteiger partial charge in [0, 0.05) is 69.5 Å². The summed E-state index contributed by atoms with van der Waals surface area (Å²) in [7, 11) is -14.0. The molecule has 0 saturated carbocycles. The van der Waals surface area contributed by atoms with Crippen LogP contribution in [0.25, 0.3) is 12.2 Å². The molecule has 0 spiro atoms. The van der Waals surface area contributed by atoms with Crippen molar-refractivity contribution < 1.29 is 67.6 Å². The average Bonchev–Trinajstić information content (AvgIpc) is 1.80. The number of para-hydroxylation sites is 2. The van der Waals surface area contributed by atoms with Gasteiger partial charge in [-0.15, -0.1) is 20.5 Å². The molecule has 0 aliphatic carbocycles. The molecule has 32 nitrogen and oxygen atoms in total. The van der Waals surface area contributed by atoms with Crippen molar-refractivity contribution in [2.45, 2.75) is 56.5 Å². The van der Waals surface area contributed by atoms with E-state index < -0.39 is 69.3 Å². The molecule has 7 N–H and O–H groups in total. The number of benzene rings is 4. The van der Waals surface area contributed by atoms with Crippen molar-refractivity contribution in [1.82, 2.24) is 24.9 Å². The molecule has 9 rings (SSSR count). The Morgan fingerprint density at radius 3 is 1.31 bits per heavy atom. The minimum Gasteiger partial charge on any atom is -0.378 e. The molecule has 2 fully saturated rings. The maximum Gasteiger partial charge on any atom is 0.296 e. The van der Waals surface area contributed by atoms with Gasteiger partial charge in [0.1, 0.15) is 32.8 Å². The molecular formula is C61H69N17O15S6. The summed E-state index contributed by atoms with van der Waals surface area (Å²) in [6.07, 6.45) is 2.65. The number of thioether (sulfide) groups is 1. The lowest BCUT2D eigenvalue weighted by atomic mass is 10.1. The summed E-state index contributed by atoms with van der Waals surface area (Å²) in [5.41, 5.74) is 1.43. The number of ketones is 2. The number of rotatable bonds is 30. The highest BCUT2D eigenvalue weighted by molar-refractivity contribution is 8.00. The predicted octanol–water partition coefficient (Wildman–Crippen LogP) is 10.2. The first-order valence-corrected chi connectivity index (χ1v) is 37.7.